The van der Waals surface area contributed by atoms with Crippen LogP contribution in [0.25, 0.3) is 0 Å². The number of oxime groups is 1. The van der Waals surface area contributed by atoms with E-state index in [1.54, 1.807) is 0 Å². The molecule has 0 amide bonds. The van der Waals surface area contributed by atoms with Gasteiger partial charge in [-0.25, -0.2) is 0 Å². The standard InChI is InChI=1S/C9H19NO/c1-3-5-7-9-11-10-8-6-4-2/h8H,3-7,9H2,1-2H3. The molecule has 11 heavy (non-hydrogen) atoms. The van der Waals surface area contributed by atoms with Gasteiger partial charge in [-0.05, 0) is 12.8 Å². The van der Waals surface area contributed by atoms with E-state index < -0.39 is 0 Å². The van der Waals surface area contributed by atoms with E-state index >= 15 is 0 Å². The van der Waals surface area contributed by atoms with E-state index in [1.165, 1.54) is 12.8 Å². The van der Waals surface area contributed by atoms with Crippen LogP contribution in [0.1, 0.15) is 46.0 Å². The summed E-state index contributed by atoms with van der Waals surface area (Å²) in [4.78, 5) is 5.01. The van der Waals surface area contributed by atoms with Crippen molar-refractivity contribution in [2.45, 2.75) is 46.0 Å². The van der Waals surface area contributed by atoms with Crippen molar-refractivity contribution in [2.75, 3.05) is 6.61 Å². The molecule has 0 aliphatic carbocycles. The van der Waals surface area contributed by atoms with Crippen LogP contribution in [0, 0.1) is 0 Å². The molecule has 0 aromatic carbocycles. The normalized spacial score (nSPS) is 10.7. The number of nitrogens with zero attached hydrogens (tertiary/aromatic N) is 1. The van der Waals surface area contributed by atoms with Crippen molar-refractivity contribution < 1.29 is 4.84 Å². The van der Waals surface area contributed by atoms with Crippen LogP contribution in [0.3, 0.4) is 0 Å². The van der Waals surface area contributed by atoms with Crippen LogP contribution in [0.15, 0.2) is 5.16 Å². The summed E-state index contributed by atoms with van der Waals surface area (Å²) < 4.78 is 0. The first-order valence-electron chi connectivity index (χ1n) is 4.55. The fourth-order valence-electron chi connectivity index (χ4n) is 0.704. The molecule has 0 rings (SSSR count). The summed E-state index contributed by atoms with van der Waals surface area (Å²) in [6, 6.07) is 0. The molecule has 0 aromatic heterocycles. The molecule has 0 atom stereocenters. The lowest BCUT2D eigenvalue weighted by molar-refractivity contribution is 0.141. The van der Waals surface area contributed by atoms with Gasteiger partial charge < -0.3 is 4.84 Å². The molecule has 0 radical (unpaired) electrons. The molecular weight excluding hydrogens is 138 g/mol. The van der Waals surface area contributed by atoms with Crippen LogP contribution >= 0.6 is 0 Å². The van der Waals surface area contributed by atoms with Gasteiger partial charge >= 0.3 is 0 Å². The van der Waals surface area contributed by atoms with Gasteiger partial charge in [0.05, 0.1) is 0 Å². The van der Waals surface area contributed by atoms with Crippen LogP contribution in [0.5, 0.6) is 0 Å². The smallest absolute Gasteiger partial charge is 0.117 e. The predicted molar refractivity (Wildman–Crippen MR) is 48.9 cm³/mol. The van der Waals surface area contributed by atoms with Gasteiger partial charge in [0, 0.05) is 6.21 Å². The second kappa shape index (κ2) is 9.47. The molecule has 0 spiro atoms. The summed E-state index contributed by atoms with van der Waals surface area (Å²) >= 11 is 0. The first-order valence-corrected chi connectivity index (χ1v) is 4.55. The highest BCUT2D eigenvalue weighted by molar-refractivity contribution is 5.55. The Morgan fingerprint density at radius 3 is 2.64 bits per heavy atom. The third-order valence-electron chi connectivity index (χ3n) is 1.41. The lowest BCUT2D eigenvalue weighted by Crippen LogP contribution is -1.87. The number of hydrogen-bond acceptors (Lipinski definition) is 2. The molecule has 0 aliphatic heterocycles. The first-order chi connectivity index (χ1) is 5.41. The van der Waals surface area contributed by atoms with Crippen molar-refractivity contribution in [2.24, 2.45) is 5.16 Å². The van der Waals surface area contributed by atoms with Gasteiger partial charge in [-0.1, -0.05) is 38.3 Å². The van der Waals surface area contributed by atoms with Crippen molar-refractivity contribution in [1.82, 2.24) is 0 Å². The zero-order valence-corrected chi connectivity index (χ0v) is 7.68. The molecule has 0 heterocycles. The third kappa shape index (κ3) is 9.47. The van der Waals surface area contributed by atoms with E-state index in [9.17, 15) is 0 Å². The summed E-state index contributed by atoms with van der Waals surface area (Å²) in [5.74, 6) is 0. The van der Waals surface area contributed by atoms with Crippen LogP contribution in [-0.2, 0) is 4.84 Å². The number of hydrogen-bond donors (Lipinski definition) is 0. The molecule has 0 unspecified atom stereocenters. The van der Waals surface area contributed by atoms with Gasteiger partial charge in [-0.15, -0.1) is 0 Å². The average Bonchev–Trinajstić information content (AvgIpc) is 2.03. The maximum Gasteiger partial charge on any atom is 0.117 e. The third-order valence-corrected chi connectivity index (χ3v) is 1.41. The minimum absolute atomic E-state index is 0.772. The Labute approximate surface area is 69.6 Å². The summed E-state index contributed by atoms with van der Waals surface area (Å²) in [5.41, 5.74) is 0. The molecule has 0 bridgehead atoms. The SMILES string of the molecule is CCCC=NOCCCCC. The Balaban J connectivity index is 2.89. The lowest BCUT2D eigenvalue weighted by atomic mass is 10.3. The quantitative estimate of drug-likeness (QED) is 0.316. The highest BCUT2D eigenvalue weighted by Gasteiger charge is 1.83. The highest BCUT2D eigenvalue weighted by Crippen LogP contribution is 1.94. The molecule has 0 aliphatic rings. The monoisotopic (exact) mass is 157 g/mol. The molecule has 0 N–H and O–H groups in total. The molecular formula is C9H19NO. The Bertz CT molecular complexity index is 91.6. The highest BCUT2D eigenvalue weighted by atomic mass is 16.6. The van der Waals surface area contributed by atoms with Crippen LogP contribution in [0.2, 0.25) is 0 Å². The first kappa shape index (κ1) is 10.5. The number of rotatable bonds is 7. The van der Waals surface area contributed by atoms with E-state index in [0.29, 0.717) is 0 Å². The summed E-state index contributed by atoms with van der Waals surface area (Å²) in [6.45, 7) is 5.08. The molecule has 66 valence electrons. The van der Waals surface area contributed by atoms with Gasteiger partial charge in [0.15, 0.2) is 0 Å². The zero-order chi connectivity index (χ0) is 8.36. The molecule has 2 nitrogen and oxygen atoms in total. The molecule has 0 saturated carbocycles. The van der Waals surface area contributed by atoms with Gasteiger partial charge in [-0.2, -0.15) is 0 Å². The van der Waals surface area contributed by atoms with Gasteiger partial charge in [0.2, 0.25) is 0 Å². The van der Waals surface area contributed by atoms with Crippen molar-refractivity contribution in [3.63, 3.8) is 0 Å². The molecule has 0 fully saturated rings. The molecule has 0 saturated heterocycles. The van der Waals surface area contributed by atoms with Crippen LogP contribution < -0.4 is 0 Å². The van der Waals surface area contributed by atoms with Gasteiger partial charge in [0.1, 0.15) is 6.61 Å². The molecule has 0 aromatic rings. The maximum atomic E-state index is 5.01. The fraction of sp³-hybridized carbons (Fsp3) is 0.889. The average molecular weight is 157 g/mol. The zero-order valence-electron chi connectivity index (χ0n) is 7.68. The second-order valence-corrected chi connectivity index (χ2v) is 2.62. The minimum atomic E-state index is 0.772. The van der Waals surface area contributed by atoms with E-state index in [4.69, 9.17) is 4.84 Å². The Morgan fingerprint density at radius 2 is 2.00 bits per heavy atom. The Hall–Kier alpha value is -0.530. The van der Waals surface area contributed by atoms with E-state index in [-0.39, 0.29) is 0 Å². The van der Waals surface area contributed by atoms with Gasteiger partial charge in [0.25, 0.3) is 0 Å². The van der Waals surface area contributed by atoms with Crippen molar-refractivity contribution in [1.29, 1.82) is 0 Å². The van der Waals surface area contributed by atoms with Crippen LogP contribution in [0.4, 0.5) is 0 Å². The Kier molecular flexibility index (Phi) is 9.01. The summed E-state index contributed by atoms with van der Waals surface area (Å²) in [6.07, 6.45) is 7.60. The topological polar surface area (TPSA) is 21.6 Å². The largest absolute Gasteiger partial charge is 0.396 e. The van der Waals surface area contributed by atoms with E-state index in [1.807, 2.05) is 6.21 Å². The summed E-state index contributed by atoms with van der Waals surface area (Å²) in [5, 5.41) is 3.81. The fourth-order valence-corrected chi connectivity index (χ4v) is 0.704. The maximum absolute atomic E-state index is 5.01. The van der Waals surface area contributed by atoms with Crippen molar-refractivity contribution in [3.8, 4) is 0 Å². The Morgan fingerprint density at radius 1 is 1.18 bits per heavy atom. The predicted octanol–water partition coefficient (Wildman–Crippen LogP) is 2.98. The summed E-state index contributed by atoms with van der Waals surface area (Å²) in [7, 11) is 0. The number of unbranched alkanes of at least 4 members (excludes halogenated alkanes) is 3. The minimum Gasteiger partial charge on any atom is -0.396 e. The molecule has 2 heteroatoms. The van der Waals surface area contributed by atoms with E-state index in [0.717, 1.165) is 25.9 Å². The van der Waals surface area contributed by atoms with Crippen LogP contribution in [-0.4, -0.2) is 12.8 Å². The van der Waals surface area contributed by atoms with Gasteiger partial charge in [-0.3, -0.25) is 0 Å². The van der Waals surface area contributed by atoms with Crippen molar-refractivity contribution >= 4 is 6.21 Å². The second-order valence-electron chi connectivity index (χ2n) is 2.62. The van der Waals surface area contributed by atoms with E-state index in [2.05, 4.69) is 19.0 Å². The van der Waals surface area contributed by atoms with Crippen molar-refractivity contribution in [3.05, 3.63) is 0 Å². The lowest BCUT2D eigenvalue weighted by Gasteiger charge is -1.96.